The molecule has 0 aliphatic heterocycles. The standard InChI is InChI=1S/C14H15ClN2.C4H4O4/c15-13-3-1-2-12-11(13)5-4-10-6-8-17(9-7-16)14(10)12;5-3(6)1-2-4(7)8/h1-3,6,8H,4-5,7,9,16H2;1-2H,(H,5,6)(H,7,8). The summed E-state index contributed by atoms with van der Waals surface area (Å²) >= 11 is 6.27. The number of aromatic nitrogens is 1. The van der Waals surface area contributed by atoms with E-state index in [4.69, 9.17) is 27.5 Å². The summed E-state index contributed by atoms with van der Waals surface area (Å²) in [6.45, 7) is 1.53. The van der Waals surface area contributed by atoms with Crippen LogP contribution in [-0.2, 0) is 29.0 Å². The first kappa shape index (κ1) is 18.8. The summed E-state index contributed by atoms with van der Waals surface area (Å²) in [6, 6.07) is 8.36. The molecule has 2 aromatic rings. The Labute approximate surface area is 150 Å². The molecule has 1 aliphatic carbocycles. The fourth-order valence-electron chi connectivity index (χ4n) is 2.81. The Bertz CT molecular complexity index is 795. The summed E-state index contributed by atoms with van der Waals surface area (Å²) in [6.07, 6.45) is 5.36. The van der Waals surface area contributed by atoms with Gasteiger partial charge in [0.05, 0.1) is 5.69 Å². The van der Waals surface area contributed by atoms with Crippen molar-refractivity contribution in [2.75, 3.05) is 6.54 Å². The number of hydrogen-bond acceptors (Lipinski definition) is 3. The lowest BCUT2D eigenvalue weighted by atomic mass is 9.90. The Balaban J connectivity index is 0.000000242. The number of rotatable bonds is 4. The summed E-state index contributed by atoms with van der Waals surface area (Å²) in [5.41, 5.74) is 10.9. The number of halogens is 1. The van der Waals surface area contributed by atoms with Gasteiger partial charge < -0.3 is 20.5 Å². The first-order chi connectivity index (χ1) is 11.9. The van der Waals surface area contributed by atoms with Crippen molar-refractivity contribution in [1.82, 2.24) is 4.57 Å². The zero-order chi connectivity index (χ0) is 18.4. The fourth-order valence-corrected chi connectivity index (χ4v) is 3.08. The zero-order valence-electron chi connectivity index (χ0n) is 13.5. The molecule has 0 fully saturated rings. The number of aryl methyl sites for hydroxylation is 1. The van der Waals surface area contributed by atoms with Gasteiger partial charge in [-0.2, -0.15) is 0 Å². The minimum absolute atomic E-state index is 0.558. The van der Waals surface area contributed by atoms with E-state index >= 15 is 0 Å². The highest BCUT2D eigenvalue weighted by molar-refractivity contribution is 6.31. The van der Waals surface area contributed by atoms with Crippen molar-refractivity contribution in [3.63, 3.8) is 0 Å². The van der Waals surface area contributed by atoms with Gasteiger partial charge in [-0.05, 0) is 36.1 Å². The summed E-state index contributed by atoms with van der Waals surface area (Å²) in [5, 5.41) is 16.5. The first-order valence-corrected chi connectivity index (χ1v) is 8.11. The maximum atomic E-state index is 9.55. The van der Waals surface area contributed by atoms with Crippen molar-refractivity contribution >= 4 is 23.5 Å². The molecule has 1 aromatic heterocycles. The first-order valence-electron chi connectivity index (χ1n) is 7.73. The minimum Gasteiger partial charge on any atom is -0.478 e. The molecule has 25 heavy (non-hydrogen) atoms. The van der Waals surface area contributed by atoms with E-state index in [1.54, 1.807) is 0 Å². The maximum absolute atomic E-state index is 9.55. The molecule has 0 spiro atoms. The average molecular weight is 363 g/mol. The molecule has 1 aromatic carbocycles. The highest BCUT2D eigenvalue weighted by Gasteiger charge is 2.20. The topological polar surface area (TPSA) is 106 Å². The second-order valence-corrected chi connectivity index (χ2v) is 5.85. The normalized spacial score (nSPS) is 12.1. The lowest BCUT2D eigenvalue weighted by Crippen LogP contribution is -2.13. The van der Waals surface area contributed by atoms with Crippen molar-refractivity contribution in [3.8, 4) is 11.3 Å². The molecular formula is C18H19ClN2O4. The van der Waals surface area contributed by atoms with Crippen LogP contribution < -0.4 is 5.73 Å². The molecule has 0 bridgehead atoms. The van der Waals surface area contributed by atoms with Crippen LogP contribution in [0.2, 0.25) is 5.02 Å². The lowest BCUT2D eigenvalue weighted by Gasteiger charge is -2.20. The number of hydrogen-bond donors (Lipinski definition) is 3. The largest absolute Gasteiger partial charge is 0.478 e. The number of nitrogens with two attached hydrogens (primary N) is 1. The summed E-state index contributed by atoms with van der Waals surface area (Å²) < 4.78 is 2.24. The molecule has 6 nitrogen and oxygen atoms in total. The fraction of sp³-hybridized carbons (Fsp3) is 0.222. The SMILES string of the molecule is NCCn1ccc2c1-c1cccc(Cl)c1CC2.O=C(O)C=CC(=O)O. The smallest absolute Gasteiger partial charge is 0.328 e. The Kier molecular flexibility index (Phi) is 6.38. The third kappa shape index (κ3) is 4.71. The predicted octanol–water partition coefficient (Wildman–Crippen LogP) is 2.58. The molecule has 4 N–H and O–H groups in total. The minimum atomic E-state index is -1.26. The van der Waals surface area contributed by atoms with Gasteiger partial charge in [-0.25, -0.2) is 9.59 Å². The van der Waals surface area contributed by atoms with Crippen molar-refractivity contribution in [3.05, 3.63) is 58.8 Å². The Morgan fingerprint density at radius 2 is 1.84 bits per heavy atom. The molecule has 1 heterocycles. The molecule has 0 saturated heterocycles. The van der Waals surface area contributed by atoms with E-state index in [0.29, 0.717) is 18.7 Å². The van der Waals surface area contributed by atoms with E-state index in [9.17, 15) is 9.59 Å². The quantitative estimate of drug-likeness (QED) is 0.725. The van der Waals surface area contributed by atoms with Crippen molar-refractivity contribution < 1.29 is 19.8 Å². The number of carbonyl (C=O) groups is 2. The van der Waals surface area contributed by atoms with Gasteiger partial charge >= 0.3 is 11.9 Å². The molecule has 3 rings (SSSR count). The molecule has 132 valence electrons. The molecule has 0 unspecified atom stereocenters. The number of benzene rings is 1. The van der Waals surface area contributed by atoms with Gasteiger partial charge in [0.2, 0.25) is 0 Å². The van der Waals surface area contributed by atoms with E-state index < -0.39 is 11.9 Å². The number of aliphatic carboxylic acids is 2. The van der Waals surface area contributed by atoms with Gasteiger partial charge in [-0.1, -0.05) is 23.7 Å². The van der Waals surface area contributed by atoms with Crippen LogP contribution in [0.3, 0.4) is 0 Å². The number of fused-ring (bicyclic) bond motifs is 3. The van der Waals surface area contributed by atoms with Gasteiger partial charge in [0.15, 0.2) is 0 Å². The van der Waals surface area contributed by atoms with Crippen LogP contribution in [0.5, 0.6) is 0 Å². The zero-order valence-corrected chi connectivity index (χ0v) is 14.2. The predicted molar refractivity (Wildman–Crippen MR) is 95.8 cm³/mol. The van der Waals surface area contributed by atoms with Crippen LogP contribution in [0.4, 0.5) is 0 Å². The summed E-state index contributed by atoms with van der Waals surface area (Å²) in [7, 11) is 0. The second-order valence-electron chi connectivity index (χ2n) is 5.45. The molecule has 0 saturated carbocycles. The van der Waals surface area contributed by atoms with Gasteiger partial charge in [0.25, 0.3) is 0 Å². The number of carboxylic acid groups (broad SMARTS) is 2. The Morgan fingerprint density at radius 3 is 2.44 bits per heavy atom. The molecular weight excluding hydrogens is 344 g/mol. The average Bonchev–Trinajstić information content (AvgIpc) is 2.98. The van der Waals surface area contributed by atoms with Gasteiger partial charge in [0.1, 0.15) is 0 Å². The van der Waals surface area contributed by atoms with E-state index in [2.05, 4.69) is 22.9 Å². The Hall–Kier alpha value is -2.57. The summed E-state index contributed by atoms with van der Waals surface area (Å²) in [4.78, 5) is 19.1. The van der Waals surface area contributed by atoms with Crippen molar-refractivity contribution in [1.29, 1.82) is 0 Å². The third-order valence-electron chi connectivity index (χ3n) is 3.80. The van der Waals surface area contributed by atoms with E-state index in [1.807, 2.05) is 12.1 Å². The number of carboxylic acids is 2. The van der Waals surface area contributed by atoms with Crippen molar-refractivity contribution in [2.24, 2.45) is 5.73 Å². The van der Waals surface area contributed by atoms with Crippen molar-refractivity contribution in [2.45, 2.75) is 19.4 Å². The molecule has 0 amide bonds. The van der Waals surface area contributed by atoms with Crippen LogP contribution in [-0.4, -0.2) is 33.3 Å². The molecule has 7 heteroatoms. The van der Waals surface area contributed by atoms with Crippen LogP contribution in [0.15, 0.2) is 42.6 Å². The monoisotopic (exact) mass is 362 g/mol. The van der Waals surface area contributed by atoms with Gasteiger partial charge in [-0.3, -0.25) is 0 Å². The highest BCUT2D eigenvalue weighted by atomic mass is 35.5. The third-order valence-corrected chi connectivity index (χ3v) is 4.16. The molecule has 0 atom stereocenters. The van der Waals surface area contributed by atoms with Gasteiger partial charge in [0, 0.05) is 42.0 Å². The molecule has 1 aliphatic rings. The molecule has 0 radical (unpaired) electrons. The van der Waals surface area contributed by atoms with Crippen LogP contribution in [0.25, 0.3) is 11.3 Å². The van der Waals surface area contributed by atoms with Crippen LogP contribution >= 0.6 is 11.6 Å². The van der Waals surface area contributed by atoms with E-state index in [-0.39, 0.29) is 0 Å². The second kappa shape index (κ2) is 8.50. The van der Waals surface area contributed by atoms with Gasteiger partial charge in [-0.15, -0.1) is 0 Å². The van der Waals surface area contributed by atoms with E-state index in [0.717, 1.165) is 24.4 Å². The number of nitrogens with zero attached hydrogens (tertiary/aromatic N) is 1. The highest BCUT2D eigenvalue weighted by Crippen LogP contribution is 2.37. The maximum Gasteiger partial charge on any atom is 0.328 e. The van der Waals surface area contributed by atoms with E-state index in [1.165, 1.54) is 22.4 Å². The lowest BCUT2D eigenvalue weighted by molar-refractivity contribution is -0.134. The van der Waals surface area contributed by atoms with Crippen LogP contribution in [0, 0.1) is 0 Å². The summed E-state index contributed by atoms with van der Waals surface area (Å²) in [5.74, 6) is -2.51. The Morgan fingerprint density at radius 1 is 1.16 bits per heavy atom. The van der Waals surface area contributed by atoms with Crippen LogP contribution in [0.1, 0.15) is 11.1 Å².